The number of ketones is 1. The summed E-state index contributed by atoms with van der Waals surface area (Å²) in [5.41, 5.74) is 0.794. The van der Waals surface area contributed by atoms with E-state index in [1.165, 1.54) is 0 Å². The lowest BCUT2D eigenvalue weighted by molar-refractivity contribution is -0.164. The minimum Gasteiger partial charge on any atom is -0.465 e. The number of carbonyl (C=O) groups is 3. The van der Waals surface area contributed by atoms with Crippen LogP contribution in [0.25, 0.3) is 11.1 Å². The molecule has 0 bridgehead atoms. The van der Waals surface area contributed by atoms with E-state index in [2.05, 4.69) is 0 Å². The first-order chi connectivity index (χ1) is 13.0. The number of Topliss-reactive ketones (excluding diaryl/α,β-unsaturated/α-hetero) is 1. The highest BCUT2D eigenvalue weighted by atomic mass is 35.5. The molecule has 6 heteroatoms. The highest BCUT2D eigenvalue weighted by Crippen LogP contribution is 2.36. The highest BCUT2D eigenvalue weighted by Gasteiger charge is 2.53. The normalized spacial score (nSPS) is 18.8. The quantitative estimate of drug-likeness (QED) is 0.425. The molecule has 1 saturated heterocycles. The number of halogens is 1. The Hall–Kier alpha value is -2.66. The molecular weight excluding hydrogens is 368 g/mol. The fourth-order valence-electron chi connectivity index (χ4n) is 3.11. The summed E-state index contributed by atoms with van der Waals surface area (Å²) >= 11 is 5.90. The lowest BCUT2D eigenvalue weighted by Crippen LogP contribution is -2.39. The topological polar surface area (TPSA) is 69.7 Å². The van der Waals surface area contributed by atoms with Crippen LogP contribution in [0.3, 0.4) is 0 Å². The average Bonchev–Trinajstić information content (AvgIpc) is 3.04. The van der Waals surface area contributed by atoms with Gasteiger partial charge in [-0.2, -0.15) is 0 Å². The first-order valence-electron chi connectivity index (χ1n) is 8.70. The van der Waals surface area contributed by atoms with Crippen molar-refractivity contribution in [2.75, 3.05) is 13.2 Å². The average molecular weight is 387 g/mol. The van der Waals surface area contributed by atoms with Crippen molar-refractivity contribution >= 4 is 29.3 Å². The standard InChI is InChI=1S/C21H19ClO5/c1-2-26-19(24)21(11-12-27-20(21)25)13-18(23)16-5-3-14(4-6-16)15-7-9-17(22)10-8-15/h3-10H,2,11-13H2,1H3. The molecule has 1 unspecified atom stereocenters. The third kappa shape index (κ3) is 3.88. The molecule has 0 N–H and O–H groups in total. The van der Waals surface area contributed by atoms with Gasteiger partial charge < -0.3 is 9.47 Å². The monoisotopic (exact) mass is 386 g/mol. The Morgan fingerprint density at radius 2 is 1.67 bits per heavy atom. The number of benzene rings is 2. The summed E-state index contributed by atoms with van der Waals surface area (Å²) in [5, 5.41) is 0.651. The van der Waals surface area contributed by atoms with Crippen LogP contribution in [0.5, 0.6) is 0 Å². The van der Waals surface area contributed by atoms with Crippen molar-refractivity contribution in [2.24, 2.45) is 5.41 Å². The Labute approximate surface area is 162 Å². The molecule has 3 rings (SSSR count). The molecule has 2 aromatic carbocycles. The molecule has 0 aliphatic carbocycles. The van der Waals surface area contributed by atoms with Gasteiger partial charge in [0.05, 0.1) is 13.2 Å². The number of ether oxygens (including phenoxy) is 2. The molecule has 0 saturated carbocycles. The van der Waals surface area contributed by atoms with Crippen LogP contribution in [0.15, 0.2) is 48.5 Å². The summed E-state index contributed by atoms with van der Waals surface area (Å²) in [6, 6.07) is 14.4. The van der Waals surface area contributed by atoms with Crippen LogP contribution in [0.4, 0.5) is 0 Å². The molecule has 1 aliphatic rings. The maximum atomic E-state index is 12.7. The zero-order chi connectivity index (χ0) is 19.4. The minimum absolute atomic E-state index is 0.112. The predicted molar refractivity (Wildman–Crippen MR) is 100 cm³/mol. The van der Waals surface area contributed by atoms with Crippen LogP contribution in [0, 0.1) is 5.41 Å². The van der Waals surface area contributed by atoms with Gasteiger partial charge in [-0.25, -0.2) is 0 Å². The van der Waals surface area contributed by atoms with Crippen molar-refractivity contribution < 1.29 is 23.9 Å². The second-order valence-electron chi connectivity index (χ2n) is 6.37. The van der Waals surface area contributed by atoms with E-state index >= 15 is 0 Å². The zero-order valence-corrected chi connectivity index (χ0v) is 15.6. The number of esters is 2. The van der Waals surface area contributed by atoms with E-state index < -0.39 is 17.4 Å². The molecular formula is C21H19ClO5. The van der Waals surface area contributed by atoms with Crippen LogP contribution in [-0.2, 0) is 19.1 Å². The van der Waals surface area contributed by atoms with Crippen molar-refractivity contribution in [2.45, 2.75) is 19.8 Å². The van der Waals surface area contributed by atoms with Gasteiger partial charge in [-0.3, -0.25) is 14.4 Å². The van der Waals surface area contributed by atoms with E-state index in [4.69, 9.17) is 21.1 Å². The predicted octanol–water partition coefficient (Wildman–Crippen LogP) is 4.08. The molecule has 0 radical (unpaired) electrons. The Bertz CT molecular complexity index is 857. The van der Waals surface area contributed by atoms with E-state index in [1.807, 2.05) is 24.3 Å². The molecule has 5 nitrogen and oxygen atoms in total. The Kier molecular flexibility index (Phi) is 5.61. The molecule has 0 amide bonds. The summed E-state index contributed by atoms with van der Waals surface area (Å²) in [6.07, 6.45) is -0.107. The van der Waals surface area contributed by atoms with E-state index in [-0.39, 0.29) is 31.8 Å². The molecule has 0 spiro atoms. The summed E-state index contributed by atoms with van der Waals surface area (Å²) in [4.78, 5) is 37.2. The smallest absolute Gasteiger partial charge is 0.324 e. The van der Waals surface area contributed by atoms with Crippen molar-refractivity contribution in [1.82, 2.24) is 0 Å². The van der Waals surface area contributed by atoms with Crippen LogP contribution in [0.2, 0.25) is 5.02 Å². The lowest BCUT2D eigenvalue weighted by Gasteiger charge is -2.21. The van der Waals surface area contributed by atoms with Gasteiger partial charge in [0.25, 0.3) is 0 Å². The van der Waals surface area contributed by atoms with Gasteiger partial charge in [-0.05, 0) is 30.2 Å². The van der Waals surface area contributed by atoms with E-state index in [0.717, 1.165) is 11.1 Å². The van der Waals surface area contributed by atoms with E-state index in [1.54, 1.807) is 31.2 Å². The van der Waals surface area contributed by atoms with Gasteiger partial charge in [-0.1, -0.05) is 48.0 Å². The largest absolute Gasteiger partial charge is 0.465 e. The molecule has 1 atom stereocenters. The van der Waals surface area contributed by atoms with Crippen molar-refractivity contribution in [1.29, 1.82) is 0 Å². The Morgan fingerprint density at radius 3 is 2.19 bits per heavy atom. The van der Waals surface area contributed by atoms with Gasteiger partial charge in [0.2, 0.25) is 0 Å². The molecule has 1 fully saturated rings. The van der Waals surface area contributed by atoms with Crippen LogP contribution < -0.4 is 0 Å². The van der Waals surface area contributed by atoms with Gasteiger partial charge in [0.15, 0.2) is 11.2 Å². The summed E-state index contributed by atoms with van der Waals surface area (Å²) < 4.78 is 9.98. The number of rotatable bonds is 6. The van der Waals surface area contributed by atoms with Gasteiger partial charge >= 0.3 is 11.9 Å². The fraction of sp³-hybridized carbons (Fsp3) is 0.286. The van der Waals surface area contributed by atoms with Crippen molar-refractivity contribution in [3.05, 3.63) is 59.1 Å². The molecule has 0 aromatic heterocycles. The first kappa shape index (κ1) is 19.1. The summed E-state index contributed by atoms with van der Waals surface area (Å²) in [5.74, 6) is -1.68. The number of hydrogen-bond donors (Lipinski definition) is 0. The molecule has 140 valence electrons. The third-order valence-electron chi connectivity index (χ3n) is 4.67. The fourth-order valence-corrected chi connectivity index (χ4v) is 3.24. The Balaban J connectivity index is 1.79. The maximum absolute atomic E-state index is 12.7. The lowest BCUT2D eigenvalue weighted by atomic mass is 9.80. The number of hydrogen-bond acceptors (Lipinski definition) is 5. The van der Waals surface area contributed by atoms with Crippen LogP contribution in [0.1, 0.15) is 30.1 Å². The molecule has 1 aliphatic heterocycles. The minimum atomic E-state index is -1.54. The van der Waals surface area contributed by atoms with Crippen molar-refractivity contribution in [3.8, 4) is 11.1 Å². The number of cyclic esters (lactones) is 1. The van der Waals surface area contributed by atoms with E-state index in [9.17, 15) is 14.4 Å². The van der Waals surface area contributed by atoms with Gasteiger partial charge in [-0.15, -0.1) is 0 Å². The molecule has 2 aromatic rings. The molecule has 1 heterocycles. The SMILES string of the molecule is CCOC(=O)C1(CC(=O)c2ccc(-c3ccc(Cl)cc3)cc2)CCOC1=O. The third-order valence-corrected chi connectivity index (χ3v) is 4.92. The van der Waals surface area contributed by atoms with Gasteiger partial charge in [0, 0.05) is 23.4 Å². The highest BCUT2D eigenvalue weighted by molar-refractivity contribution is 6.30. The van der Waals surface area contributed by atoms with Gasteiger partial charge in [0.1, 0.15) is 0 Å². The Morgan fingerprint density at radius 1 is 1.07 bits per heavy atom. The van der Waals surface area contributed by atoms with E-state index in [0.29, 0.717) is 10.6 Å². The zero-order valence-electron chi connectivity index (χ0n) is 14.9. The second kappa shape index (κ2) is 7.92. The van der Waals surface area contributed by atoms with Crippen LogP contribution >= 0.6 is 11.6 Å². The first-order valence-corrected chi connectivity index (χ1v) is 9.08. The number of carbonyl (C=O) groups excluding carboxylic acids is 3. The second-order valence-corrected chi connectivity index (χ2v) is 6.81. The summed E-state index contributed by atoms with van der Waals surface area (Å²) in [6.45, 7) is 1.90. The van der Waals surface area contributed by atoms with Crippen molar-refractivity contribution in [3.63, 3.8) is 0 Å². The summed E-state index contributed by atoms with van der Waals surface area (Å²) in [7, 11) is 0. The van der Waals surface area contributed by atoms with Crippen LogP contribution in [-0.4, -0.2) is 30.9 Å². The maximum Gasteiger partial charge on any atom is 0.324 e. The molecule has 27 heavy (non-hydrogen) atoms.